The van der Waals surface area contributed by atoms with Crippen molar-refractivity contribution in [2.45, 2.75) is 59.0 Å². The first-order valence-corrected chi connectivity index (χ1v) is 6.63. The van der Waals surface area contributed by atoms with Crippen molar-refractivity contribution < 1.29 is 9.90 Å². The topological polar surface area (TPSA) is 67.2 Å². The molecule has 1 unspecified atom stereocenters. The molecule has 0 aliphatic carbocycles. The van der Waals surface area contributed by atoms with Gasteiger partial charge in [-0.3, -0.25) is 9.48 Å². The van der Waals surface area contributed by atoms with Crippen molar-refractivity contribution in [3.63, 3.8) is 0 Å². The first-order chi connectivity index (χ1) is 8.64. The summed E-state index contributed by atoms with van der Waals surface area (Å²) in [5.74, 6) is -0.189. The van der Waals surface area contributed by atoms with Gasteiger partial charge in [0.15, 0.2) is 0 Å². The van der Waals surface area contributed by atoms with Gasteiger partial charge in [0.25, 0.3) is 5.91 Å². The molecule has 1 amide bonds. The van der Waals surface area contributed by atoms with Crippen LogP contribution in [0, 0.1) is 6.92 Å². The molecule has 1 heterocycles. The third kappa shape index (κ3) is 3.35. The molecule has 1 aromatic heterocycles. The predicted octanol–water partition coefficient (Wildman–Crippen LogP) is 1.84. The van der Waals surface area contributed by atoms with Crippen LogP contribution in [0.2, 0.25) is 0 Å². The number of aliphatic hydroxyl groups is 1. The average molecular weight is 267 g/mol. The number of aromatic nitrogens is 2. The van der Waals surface area contributed by atoms with Crippen molar-refractivity contribution in [2.24, 2.45) is 0 Å². The summed E-state index contributed by atoms with van der Waals surface area (Å²) < 4.78 is 1.84. The highest BCUT2D eigenvalue weighted by Crippen LogP contribution is 2.19. The Bertz CT molecular complexity index is 454. The zero-order chi connectivity index (χ0) is 14.8. The molecule has 0 bridgehead atoms. The van der Waals surface area contributed by atoms with Crippen molar-refractivity contribution in [2.75, 3.05) is 6.61 Å². The van der Waals surface area contributed by atoms with Crippen molar-refractivity contribution in [3.05, 3.63) is 17.5 Å². The van der Waals surface area contributed by atoms with Crippen LogP contribution in [0.5, 0.6) is 0 Å². The minimum atomic E-state index is -0.590. The van der Waals surface area contributed by atoms with Gasteiger partial charge >= 0.3 is 0 Å². The second-order valence-corrected chi connectivity index (χ2v) is 6.25. The van der Waals surface area contributed by atoms with Crippen LogP contribution in [-0.4, -0.2) is 32.9 Å². The Labute approximate surface area is 115 Å². The lowest BCUT2D eigenvalue weighted by Crippen LogP contribution is -2.48. The van der Waals surface area contributed by atoms with E-state index in [2.05, 4.69) is 10.4 Å². The fraction of sp³-hybridized carbons (Fsp3) is 0.714. The number of carbonyl (C=O) groups is 1. The Morgan fingerprint density at radius 1 is 1.42 bits per heavy atom. The summed E-state index contributed by atoms with van der Waals surface area (Å²) >= 11 is 0. The fourth-order valence-corrected chi connectivity index (χ4v) is 1.89. The molecular formula is C14H25N3O2. The molecule has 1 atom stereocenters. The van der Waals surface area contributed by atoms with Crippen molar-refractivity contribution in [3.8, 4) is 0 Å². The number of aliphatic hydroxyl groups excluding tert-OH is 1. The molecule has 0 spiro atoms. The maximum Gasteiger partial charge on any atom is 0.255 e. The van der Waals surface area contributed by atoms with Gasteiger partial charge in [0.2, 0.25) is 0 Å². The Kier molecular flexibility index (Phi) is 4.40. The molecule has 5 heteroatoms. The van der Waals surface area contributed by atoms with E-state index in [1.807, 2.05) is 46.2 Å². The zero-order valence-electron chi connectivity index (χ0n) is 12.7. The zero-order valence-corrected chi connectivity index (χ0v) is 12.7. The Morgan fingerprint density at radius 3 is 2.37 bits per heavy atom. The van der Waals surface area contributed by atoms with E-state index < -0.39 is 5.54 Å². The van der Waals surface area contributed by atoms with Gasteiger partial charge in [0.05, 0.1) is 29.4 Å². The van der Waals surface area contributed by atoms with E-state index in [0.29, 0.717) is 12.0 Å². The summed E-state index contributed by atoms with van der Waals surface area (Å²) in [5, 5.41) is 16.5. The summed E-state index contributed by atoms with van der Waals surface area (Å²) in [6.45, 7) is 11.7. The molecule has 5 nitrogen and oxygen atoms in total. The van der Waals surface area contributed by atoms with Crippen LogP contribution >= 0.6 is 0 Å². The molecule has 1 rings (SSSR count). The fourth-order valence-electron chi connectivity index (χ4n) is 1.89. The van der Waals surface area contributed by atoms with Gasteiger partial charge in [-0.2, -0.15) is 5.10 Å². The van der Waals surface area contributed by atoms with E-state index >= 15 is 0 Å². The van der Waals surface area contributed by atoms with Crippen LogP contribution < -0.4 is 5.32 Å². The van der Waals surface area contributed by atoms with Crippen LogP contribution in [0.3, 0.4) is 0 Å². The van der Waals surface area contributed by atoms with Gasteiger partial charge in [-0.05, 0) is 41.0 Å². The largest absolute Gasteiger partial charge is 0.394 e. The van der Waals surface area contributed by atoms with Crippen LogP contribution in [0.15, 0.2) is 6.20 Å². The normalized spacial score (nSPS) is 15.1. The molecule has 0 fully saturated rings. The van der Waals surface area contributed by atoms with E-state index in [9.17, 15) is 9.90 Å². The molecule has 0 aromatic carbocycles. The second kappa shape index (κ2) is 5.33. The first-order valence-electron chi connectivity index (χ1n) is 6.63. The van der Waals surface area contributed by atoms with E-state index in [0.717, 1.165) is 5.69 Å². The number of nitrogens with zero attached hydrogens (tertiary/aromatic N) is 2. The average Bonchev–Trinajstić information content (AvgIpc) is 2.70. The molecule has 2 N–H and O–H groups in total. The molecule has 0 radical (unpaired) electrons. The summed E-state index contributed by atoms with van der Waals surface area (Å²) in [6.07, 6.45) is 2.26. The molecule has 1 aromatic rings. The lowest BCUT2D eigenvalue weighted by molar-refractivity contribution is 0.0846. The maximum atomic E-state index is 12.3. The van der Waals surface area contributed by atoms with Gasteiger partial charge in [0.1, 0.15) is 0 Å². The molecule has 0 aliphatic rings. The predicted molar refractivity (Wildman–Crippen MR) is 75.2 cm³/mol. The van der Waals surface area contributed by atoms with Crippen LogP contribution in [0.25, 0.3) is 0 Å². The van der Waals surface area contributed by atoms with E-state index in [-0.39, 0.29) is 18.1 Å². The number of carbonyl (C=O) groups excluding carboxylic acids is 1. The van der Waals surface area contributed by atoms with Gasteiger partial charge < -0.3 is 10.4 Å². The lowest BCUT2D eigenvalue weighted by Gasteiger charge is -2.27. The Morgan fingerprint density at radius 2 is 2.00 bits per heavy atom. The third-order valence-electron chi connectivity index (χ3n) is 3.43. The van der Waals surface area contributed by atoms with E-state index in [4.69, 9.17) is 0 Å². The quantitative estimate of drug-likeness (QED) is 0.874. The summed E-state index contributed by atoms with van der Waals surface area (Å²) in [4.78, 5) is 12.3. The van der Waals surface area contributed by atoms with Gasteiger partial charge in [0, 0.05) is 5.69 Å². The van der Waals surface area contributed by atoms with Crippen molar-refractivity contribution >= 4 is 5.91 Å². The van der Waals surface area contributed by atoms with Crippen LogP contribution in [0.1, 0.15) is 57.1 Å². The number of nitrogens with one attached hydrogen (secondary N) is 1. The number of hydrogen-bond acceptors (Lipinski definition) is 3. The smallest absolute Gasteiger partial charge is 0.255 e. The standard InChI is InChI=1S/C14H25N3O2/c1-7-14(6,9-18)16-12(19)11-8-15-17(10(11)2)13(3,4)5/h8,18H,7,9H2,1-6H3,(H,16,19). The molecule has 0 aliphatic heterocycles. The SMILES string of the molecule is CCC(C)(CO)NC(=O)c1cnn(C(C)(C)C)c1C. The maximum absolute atomic E-state index is 12.3. The van der Waals surface area contributed by atoms with Crippen LogP contribution in [0.4, 0.5) is 0 Å². The Balaban J connectivity index is 3.00. The van der Waals surface area contributed by atoms with Crippen molar-refractivity contribution in [1.29, 1.82) is 0 Å². The lowest BCUT2D eigenvalue weighted by atomic mass is 9.99. The molecular weight excluding hydrogens is 242 g/mol. The molecule has 0 saturated carbocycles. The highest BCUT2D eigenvalue weighted by molar-refractivity contribution is 5.95. The molecule has 19 heavy (non-hydrogen) atoms. The van der Waals surface area contributed by atoms with E-state index in [1.54, 1.807) is 6.20 Å². The summed E-state index contributed by atoms with van der Waals surface area (Å²) in [7, 11) is 0. The number of rotatable bonds is 4. The third-order valence-corrected chi connectivity index (χ3v) is 3.43. The van der Waals surface area contributed by atoms with Gasteiger partial charge in [-0.25, -0.2) is 0 Å². The highest BCUT2D eigenvalue weighted by atomic mass is 16.3. The monoisotopic (exact) mass is 267 g/mol. The first kappa shape index (κ1) is 15.7. The molecule has 0 saturated heterocycles. The van der Waals surface area contributed by atoms with Gasteiger partial charge in [-0.1, -0.05) is 6.92 Å². The van der Waals surface area contributed by atoms with E-state index in [1.165, 1.54) is 0 Å². The molecule has 108 valence electrons. The van der Waals surface area contributed by atoms with Crippen molar-refractivity contribution in [1.82, 2.24) is 15.1 Å². The number of hydrogen-bond donors (Lipinski definition) is 2. The summed E-state index contributed by atoms with van der Waals surface area (Å²) in [5.41, 5.74) is 0.644. The van der Waals surface area contributed by atoms with Gasteiger partial charge in [-0.15, -0.1) is 0 Å². The van der Waals surface area contributed by atoms with Crippen LogP contribution in [-0.2, 0) is 5.54 Å². The Hall–Kier alpha value is -1.36. The minimum Gasteiger partial charge on any atom is -0.394 e. The summed E-state index contributed by atoms with van der Waals surface area (Å²) in [6, 6.07) is 0. The second-order valence-electron chi connectivity index (χ2n) is 6.25. The number of amides is 1. The minimum absolute atomic E-state index is 0.0817. The highest BCUT2D eigenvalue weighted by Gasteiger charge is 2.27.